The van der Waals surface area contributed by atoms with Gasteiger partial charge in [0.25, 0.3) is 0 Å². The number of anilines is 1. The summed E-state index contributed by atoms with van der Waals surface area (Å²) in [6.07, 6.45) is 0. The molecule has 0 saturated heterocycles. The second-order valence-electron chi connectivity index (χ2n) is 4.59. The van der Waals surface area contributed by atoms with E-state index >= 15 is 0 Å². The molecule has 0 fully saturated rings. The Morgan fingerprint density at radius 2 is 1.71 bits per heavy atom. The van der Waals surface area contributed by atoms with Gasteiger partial charge in [0.15, 0.2) is 17.3 Å². The lowest BCUT2D eigenvalue weighted by molar-refractivity contribution is 0.103. The quantitative estimate of drug-likeness (QED) is 0.676. The number of methoxy groups -OCH3 is 2. The molecule has 0 heterocycles. The van der Waals surface area contributed by atoms with Crippen LogP contribution in [0.1, 0.15) is 21.5 Å². The molecule has 0 atom stereocenters. The summed E-state index contributed by atoms with van der Waals surface area (Å²) in [4.78, 5) is 12.6. The molecule has 0 aliphatic rings. The highest BCUT2D eigenvalue weighted by Gasteiger charge is 2.17. The summed E-state index contributed by atoms with van der Waals surface area (Å²) in [5.74, 6) is 0.969. The summed E-state index contributed by atoms with van der Waals surface area (Å²) in [5.41, 5.74) is 8.41. The van der Waals surface area contributed by atoms with E-state index in [0.29, 0.717) is 32.8 Å². The minimum Gasteiger partial charge on any atom is -0.493 e. The molecule has 0 spiro atoms. The second kappa shape index (κ2) is 6.18. The van der Waals surface area contributed by atoms with E-state index in [1.807, 2.05) is 6.92 Å². The third-order valence-corrected chi connectivity index (χ3v) is 3.91. The van der Waals surface area contributed by atoms with Gasteiger partial charge in [0.05, 0.1) is 14.2 Å². The van der Waals surface area contributed by atoms with Crippen LogP contribution in [0, 0.1) is 6.92 Å². The van der Waals surface area contributed by atoms with Gasteiger partial charge in [0.2, 0.25) is 0 Å². The molecule has 0 bridgehead atoms. The summed E-state index contributed by atoms with van der Waals surface area (Å²) in [5, 5.41) is 0. The predicted molar refractivity (Wildman–Crippen MR) is 86.3 cm³/mol. The van der Waals surface area contributed by atoms with Crippen molar-refractivity contribution in [2.24, 2.45) is 0 Å². The lowest BCUT2D eigenvalue weighted by Crippen LogP contribution is -2.05. The highest BCUT2D eigenvalue weighted by molar-refractivity contribution is 9.10. The fraction of sp³-hybridized carbons (Fsp3) is 0.188. The third kappa shape index (κ3) is 3.03. The highest BCUT2D eigenvalue weighted by atomic mass is 79.9. The van der Waals surface area contributed by atoms with Gasteiger partial charge in [0, 0.05) is 21.3 Å². The molecule has 0 aliphatic carbocycles. The van der Waals surface area contributed by atoms with Gasteiger partial charge in [0.1, 0.15) is 0 Å². The Balaban J connectivity index is 2.50. The first-order valence-electron chi connectivity index (χ1n) is 6.30. The van der Waals surface area contributed by atoms with Crippen LogP contribution in [-0.4, -0.2) is 20.0 Å². The van der Waals surface area contributed by atoms with Gasteiger partial charge in [-0.05, 0) is 58.7 Å². The Hall–Kier alpha value is -2.01. The zero-order valence-electron chi connectivity index (χ0n) is 12.1. The zero-order valence-corrected chi connectivity index (χ0v) is 13.7. The fourth-order valence-electron chi connectivity index (χ4n) is 2.00. The molecular formula is C16H16BrNO3. The van der Waals surface area contributed by atoms with Crippen LogP contribution in [0.4, 0.5) is 5.69 Å². The molecule has 0 amide bonds. The first kappa shape index (κ1) is 15.4. The van der Waals surface area contributed by atoms with Crippen molar-refractivity contribution in [1.82, 2.24) is 0 Å². The normalized spacial score (nSPS) is 10.3. The van der Waals surface area contributed by atoms with Gasteiger partial charge in [-0.15, -0.1) is 0 Å². The molecule has 21 heavy (non-hydrogen) atoms. The van der Waals surface area contributed by atoms with Crippen LogP contribution in [0.2, 0.25) is 0 Å². The Morgan fingerprint density at radius 1 is 1.10 bits per heavy atom. The summed E-state index contributed by atoms with van der Waals surface area (Å²) in [6, 6.07) is 8.61. The number of rotatable bonds is 4. The Morgan fingerprint density at radius 3 is 2.29 bits per heavy atom. The van der Waals surface area contributed by atoms with Crippen LogP contribution in [0.3, 0.4) is 0 Å². The van der Waals surface area contributed by atoms with E-state index in [-0.39, 0.29) is 5.78 Å². The molecular weight excluding hydrogens is 334 g/mol. The molecule has 4 nitrogen and oxygen atoms in total. The van der Waals surface area contributed by atoms with E-state index in [0.717, 1.165) is 5.56 Å². The predicted octanol–water partition coefficient (Wildman–Crippen LogP) is 3.59. The average Bonchev–Trinajstić information content (AvgIpc) is 2.49. The van der Waals surface area contributed by atoms with Crippen molar-refractivity contribution in [3.8, 4) is 11.5 Å². The summed E-state index contributed by atoms with van der Waals surface area (Å²) < 4.78 is 11.1. The summed E-state index contributed by atoms with van der Waals surface area (Å²) >= 11 is 3.40. The highest BCUT2D eigenvalue weighted by Crippen LogP contribution is 2.34. The van der Waals surface area contributed by atoms with Gasteiger partial charge in [-0.25, -0.2) is 0 Å². The van der Waals surface area contributed by atoms with E-state index in [4.69, 9.17) is 15.2 Å². The topological polar surface area (TPSA) is 61.5 Å². The van der Waals surface area contributed by atoms with Gasteiger partial charge >= 0.3 is 0 Å². The molecule has 0 unspecified atom stereocenters. The largest absolute Gasteiger partial charge is 0.493 e. The van der Waals surface area contributed by atoms with Crippen LogP contribution in [0.25, 0.3) is 0 Å². The van der Waals surface area contributed by atoms with Crippen molar-refractivity contribution in [3.05, 3.63) is 51.5 Å². The number of nitrogen functional groups attached to an aromatic ring is 1. The van der Waals surface area contributed by atoms with E-state index < -0.39 is 0 Å². The maximum absolute atomic E-state index is 12.6. The van der Waals surface area contributed by atoms with Crippen LogP contribution >= 0.6 is 15.9 Å². The van der Waals surface area contributed by atoms with E-state index in [2.05, 4.69) is 15.9 Å². The first-order chi connectivity index (χ1) is 9.97. The summed E-state index contributed by atoms with van der Waals surface area (Å²) in [7, 11) is 3.09. The third-order valence-electron chi connectivity index (χ3n) is 3.25. The van der Waals surface area contributed by atoms with E-state index in [1.165, 1.54) is 7.11 Å². The van der Waals surface area contributed by atoms with Crippen molar-refractivity contribution in [2.45, 2.75) is 6.92 Å². The number of benzene rings is 2. The molecule has 2 N–H and O–H groups in total. The summed E-state index contributed by atoms with van der Waals surface area (Å²) in [6.45, 7) is 1.87. The Bertz CT molecular complexity index is 698. The van der Waals surface area contributed by atoms with Crippen molar-refractivity contribution >= 4 is 27.4 Å². The SMILES string of the molecule is COc1cc(Br)c(C(=O)c2ccc(N)c(C)c2)cc1OC. The Kier molecular flexibility index (Phi) is 4.53. The number of nitrogens with two attached hydrogens (primary N) is 1. The number of halogens is 1. The van der Waals surface area contributed by atoms with Crippen molar-refractivity contribution in [1.29, 1.82) is 0 Å². The molecule has 5 heteroatoms. The lowest BCUT2D eigenvalue weighted by Gasteiger charge is -2.12. The smallest absolute Gasteiger partial charge is 0.194 e. The fourth-order valence-corrected chi connectivity index (χ4v) is 2.50. The number of aryl methyl sites for hydroxylation is 1. The number of carbonyl (C=O) groups is 1. The van der Waals surface area contributed by atoms with E-state index in [9.17, 15) is 4.79 Å². The maximum atomic E-state index is 12.6. The van der Waals surface area contributed by atoms with E-state index in [1.54, 1.807) is 37.4 Å². The van der Waals surface area contributed by atoms with Gasteiger partial charge in [-0.1, -0.05) is 0 Å². The number of ketones is 1. The number of hydrogen-bond acceptors (Lipinski definition) is 4. The molecule has 2 aromatic rings. The minimum atomic E-state index is -0.106. The van der Waals surface area contributed by atoms with Gasteiger partial charge in [-0.2, -0.15) is 0 Å². The molecule has 0 saturated carbocycles. The van der Waals surface area contributed by atoms with Crippen LogP contribution < -0.4 is 15.2 Å². The van der Waals surface area contributed by atoms with Crippen molar-refractivity contribution in [3.63, 3.8) is 0 Å². The first-order valence-corrected chi connectivity index (χ1v) is 7.09. The van der Waals surface area contributed by atoms with Crippen molar-refractivity contribution < 1.29 is 14.3 Å². The molecule has 0 aliphatic heterocycles. The maximum Gasteiger partial charge on any atom is 0.194 e. The standard InChI is InChI=1S/C16H16BrNO3/c1-9-6-10(4-5-13(9)18)16(19)11-7-14(20-2)15(21-3)8-12(11)17/h4-8H,18H2,1-3H3. The molecule has 2 aromatic carbocycles. The van der Waals surface area contributed by atoms with Crippen LogP contribution in [0.15, 0.2) is 34.8 Å². The monoisotopic (exact) mass is 349 g/mol. The molecule has 2 rings (SSSR count). The molecule has 0 radical (unpaired) electrons. The molecule has 110 valence electrons. The number of carbonyl (C=O) groups excluding carboxylic acids is 1. The zero-order chi connectivity index (χ0) is 15.6. The lowest BCUT2D eigenvalue weighted by atomic mass is 10.0. The van der Waals surface area contributed by atoms with Gasteiger partial charge < -0.3 is 15.2 Å². The number of ether oxygens (including phenoxy) is 2. The minimum absolute atomic E-state index is 0.106. The second-order valence-corrected chi connectivity index (χ2v) is 5.44. The number of hydrogen-bond donors (Lipinski definition) is 1. The van der Waals surface area contributed by atoms with Crippen LogP contribution in [-0.2, 0) is 0 Å². The van der Waals surface area contributed by atoms with Crippen molar-refractivity contribution in [2.75, 3.05) is 20.0 Å². The Labute approximate surface area is 132 Å². The van der Waals surface area contributed by atoms with Crippen LogP contribution in [0.5, 0.6) is 11.5 Å². The average molecular weight is 350 g/mol. The van der Waals surface area contributed by atoms with Gasteiger partial charge in [-0.3, -0.25) is 4.79 Å². The molecule has 0 aromatic heterocycles.